The van der Waals surface area contributed by atoms with Crippen molar-refractivity contribution in [2.24, 2.45) is 0 Å². The summed E-state index contributed by atoms with van der Waals surface area (Å²) in [6.07, 6.45) is -5.21. The molecular formula is C16H16F3NO3S. The van der Waals surface area contributed by atoms with Gasteiger partial charge in [-0.3, -0.25) is 0 Å². The second-order valence-corrected chi connectivity index (χ2v) is 6.98. The average Bonchev–Trinajstić information content (AvgIpc) is 2.53. The van der Waals surface area contributed by atoms with Crippen LogP contribution >= 0.6 is 0 Å². The van der Waals surface area contributed by atoms with Crippen molar-refractivity contribution in [3.05, 3.63) is 65.7 Å². The number of nitrogens with one attached hydrogen (secondary N) is 1. The van der Waals surface area contributed by atoms with Gasteiger partial charge in [-0.05, 0) is 36.2 Å². The van der Waals surface area contributed by atoms with E-state index in [4.69, 9.17) is 0 Å². The summed E-state index contributed by atoms with van der Waals surface area (Å²) in [6, 6.07) is 12.2. The molecule has 2 rings (SSSR count). The zero-order valence-corrected chi connectivity index (χ0v) is 13.3. The van der Waals surface area contributed by atoms with Gasteiger partial charge in [-0.15, -0.1) is 0 Å². The van der Waals surface area contributed by atoms with E-state index in [-0.39, 0.29) is 17.9 Å². The molecule has 0 fully saturated rings. The minimum Gasteiger partial charge on any atom is -0.391 e. The average molecular weight is 359 g/mol. The lowest BCUT2D eigenvalue weighted by molar-refractivity contribution is -0.137. The van der Waals surface area contributed by atoms with E-state index in [0.717, 1.165) is 17.7 Å². The first-order chi connectivity index (χ1) is 11.2. The molecule has 0 bridgehead atoms. The zero-order chi connectivity index (χ0) is 17.8. The van der Waals surface area contributed by atoms with E-state index >= 15 is 0 Å². The Balaban J connectivity index is 1.98. The van der Waals surface area contributed by atoms with Crippen molar-refractivity contribution < 1.29 is 26.7 Å². The first-order valence-corrected chi connectivity index (χ1v) is 8.56. The van der Waals surface area contributed by atoms with Gasteiger partial charge in [0.05, 0.1) is 16.6 Å². The molecule has 0 heterocycles. The third-order valence-electron chi connectivity index (χ3n) is 3.32. The predicted molar refractivity (Wildman–Crippen MR) is 82.8 cm³/mol. The summed E-state index contributed by atoms with van der Waals surface area (Å²) >= 11 is 0. The Hall–Kier alpha value is -1.90. The highest BCUT2D eigenvalue weighted by Crippen LogP contribution is 2.29. The Labute approximate surface area is 138 Å². The van der Waals surface area contributed by atoms with Gasteiger partial charge in [0.15, 0.2) is 0 Å². The summed E-state index contributed by atoms with van der Waals surface area (Å²) in [6.45, 7) is -0.238. The van der Waals surface area contributed by atoms with Crippen molar-refractivity contribution in [2.75, 3.05) is 6.54 Å². The van der Waals surface area contributed by atoms with Crippen molar-refractivity contribution >= 4 is 10.0 Å². The molecule has 0 aliphatic carbocycles. The summed E-state index contributed by atoms with van der Waals surface area (Å²) < 4.78 is 63.7. The van der Waals surface area contributed by atoms with Crippen LogP contribution in [0, 0.1) is 0 Å². The quantitative estimate of drug-likeness (QED) is 0.833. The van der Waals surface area contributed by atoms with E-state index in [1.807, 2.05) is 6.07 Å². The second-order valence-electron chi connectivity index (χ2n) is 5.22. The molecule has 1 atom stereocenters. The lowest BCUT2D eigenvalue weighted by Gasteiger charge is -2.13. The van der Waals surface area contributed by atoms with Crippen molar-refractivity contribution in [1.82, 2.24) is 4.72 Å². The fourth-order valence-electron chi connectivity index (χ4n) is 2.07. The number of sulfonamides is 1. The molecular weight excluding hydrogens is 343 g/mol. The van der Waals surface area contributed by atoms with Gasteiger partial charge < -0.3 is 5.11 Å². The summed E-state index contributed by atoms with van der Waals surface area (Å²) in [4.78, 5) is -0.289. The van der Waals surface area contributed by atoms with Gasteiger partial charge >= 0.3 is 6.18 Å². The molecule has 0 saturated heterocycles. The van der Waals surface area contributed by atoms with E-state index in [1.165, 1.54) is 0 Å². The van der Waals surface area contributed by atoms with E-state index < -0.39 is 27.9 Å². The fraction of sp³-hybridized carbons (Fsp3) is 0.250. The number of aliphatic hydroxyl groups excluding tert-OH is 1. The Morgan fingerprint density at radius 1 is 1.00 bits per heavy atom. The molecule has 4 nitrogen and oxygen atoms in total. The maximum absolute atomic E-state index is 12.5. The number of hydrogen-bond donors (Lipinski definition) is 2. The molecule has 0 aromatic heterocycles. The van der Waals surface area contributed by atoms with Crippen molar-refractivity contribution in [3.8, 4) is 0 Å². The van der Waals surface area contributed by atoms with Crippen LogP contribution < -0.4 is 4.72 Å². The molecule has 0 radical (unpaired) electrons. The van der Waals surface area contributed by atoms with Crippen LogP contribution in [0.5, 0.6) is 0 Å². The minimum atomic E-state index is -4.53. The van der Waals surface area contributed by atoms with E-state index in [9.17, 15) is 26.7 Å². The van der Waals surface area contributed by atoms with E-state index in [0.29, 0.717) is 12.1 Å². The first-order valence-electron chi connectivity index (χ1n) is 7.07. The van der Waals surface area contributed by atoms with Gasteiger partial charge in [0, 0.05) is 6.54 Å². The van der Waals surface area contributed by atoms with E-state index in [1.54, 1.807) is 24.3 Å². The monoisotopic (exact) mass is 359 g/mol. The number of benzene rings is 2. The highest BCUT2D eigenvalue weighted by molar-refractivity contribution is 7.89. The Morgan fingerprint density at radius 3 is 2.12 bits per heavy atom. The fourth-order valence-corrected chi connectivity index (χ4v) is 3.14. The minimum absolute atomic E-state index is 0.238. The summed E-state index contributed by atoms with van der Waals surface area (Å²) in [5.41, 5.74) is -0.0794. The van der Waals surface area contributed by atoms with Crippen LogP contribution in [0.15, 0.2) is 59.5 Å². The molecule has 2 aromatic carbocycles. The van der Waals surface area contributed by atoms with Gasteiger partial charge in [-0.25, -0.2) is 13.1 Å². The molecule has 8 heteroatoms. The van der Waals surface area contributed by atoms with Gasteiger partial charge in [-0.2, -0.15) is 13.2 Å². The van der Waals surface area contributed by atoms with Crippen LogP contribution in [0.2, 0.25) is 0 Å². The summed E-state index contributed by atoms with van der Waals surface area (Å²) in [5, 5.41) is 9.89. The van der Waals surface area contributed by atoms with Crippen LogP contribution in [0.4, 0.5) is 13.2 Å². The SMILES string of the molecule is O=S(=O)(NCC(O)Cc1ccccc1)c1ccc(C(F)(F)F)cc1. The topological polar surface area (TPSA) is 66.4 Å². The van der Waals surface area contributed by atoms with Crippen LogP contribution in [0.25, 0.3) is 0 Å². The molecule has 0 aliphatic rings. The van der Waals surface area contributed by atoms with Gasteiger partial charge in [0.2, 0.25) is 10.0 Å². The predicted octanol–water partition coefficient (Wildman–Crippen LogP) is 2.59. The maximum Gasteiger partial charge on any atom is 0.416 e. The van der Waals surface area contributed by atoms with Gasteiger partial charge in [0.1, 0.15) is 0 Å². The first kappa shape index (κ1) is 18.4. The molecule has 0 spiro atoms. The van der Waals surface area contributed by atoms with Crippen LogP contribution in [0.3, 0.4) is 0 Å². The standard InChI is InChI=1S/C16H16F3NO3S/c17-16(18,19)13-6-8-15(9-7-13)24(22,23)20-11-14(21)10-12-4-2-1-3-5-12/h1-9,14,20-21H,10-11H2. The van der Waals surface area contributed by atoms with Crippen molar-refractivity contribution in [2.45, 2.75) is 23.6 Å². The summed E-state index contributed by atoms with van der Waals surface area (Å²) in [5.74, 6) is 0. The number of rotatable bonds is 6. The number of halogens is 3. The van der Waals surface area contributed by atoms with Crippen LogP contribution in [-0.4, -0.2) is 26.2 Å². The van der Waals surface area contributed by atoms with Crippen molar-refractivity contribution in [3.63, 3.8) is 0 Å². The van der Waals surface area contributed by atoms with Crippen LogP contribution in [-0.2, 0) is 22.6 Å². The third-order valence-corrected chi connectivity index (χ3v) is 4.75. The smallest absolute Gasteiger partial charge is 0.391 e. The molecule has 24 heavy (non-hydrogen) atoms. The van der Waals surface area contributed by atoms with Crippen LogP contribution in [0.1, 0.15) is 11.1 Å². The molecule has 0 amide bonds. The van der Waals surface area contributed by atoms with Gasteiger partial charge in [-0.1, -0.05) is 30.3 Å². The van der Waals surface area contributed by atoms with Crippen molar-refractivity contribution in [1.29, 1.82) is 0 Å². The number of hydrogen-bond acceptors (Lipinski definition) is 3. The molecule has 2 aromatic rings. The Bertz CT molecular complexity index is 759. The Kier molecular flexibility index (Phi) is 5.63. The Morgan fingerprint density at radius 2 is 1.58 bits per heavy atom. The van der Waals surface area contributed by atoms with Gasteiger partial charge in [0.25, 0.3) is 0 Å². The lowest BCUT2D eigenvalue weighted by atomic mass is 10.1. The molecule has 0 saturated carbocycles. The molecule has 130 valence electrons. The molecule has 0 aliphatic heterocycles. The highest BCUT2D eigenvalue weighted by Gasteiger charge is 2.30. The lowest BCUT2D eigenvalue weighted by Crippen LogP contribution is -2.33. The van der Waals surface area contributed by atoms with E-state index in [2.05, 4.69) is 4.72 Å². The third kappa shape index (κ3) is 5.05. The number of aliphatic hydroxyl groups is 1. The maximum atomic E-state index is 12.5. The second kappa shape index (κ2) is 7.33. The number of alkyl halides is 3. The summed E-state index contributed by atoms with van der Waals surface area (Å²) in [7, 11) is -3.99. The highest BCUT2D eigenvalue weighted by atomic mass is 32.2. The zero-order valence-electron chi connectivity index (χ0n) is 12.5. The molecule has 1 unspecified atom stereocenters. The largest absolute Gasteiger partial charge is 0.416 e. The molecule has 2 N–H and O–H groups in total. The normalized spacial score (nSPS) is 13.7.